The molecule has 0 aliphatic carbocycles. The van der Waals surface area contributed by atoms with Crippen LogP contribution in [-0.2, 0) is 11.2 Å². The summed E-state index contributed by atoms with van der Waals surface area (Å²) in [4.78, 5) is 6.78. The van der Waals surface area contributed by atoms with E-state index < -0.39 is 0 Å². The predicted octanol–water partition coefficient (Wildman–Crippen LogP) is 1.64. The molecule has 0 saturated carbocycles. The molecule has 1 atom stereocenters. The number of aromatic nitrogens is 2. The highest BCUT2D eigenvalue weighted by Crippen LogP contribution is 2.20. The minimum atomic E-state index is -0.1000. The van der Waals surface area contributed by atoms with E-state index in [2.05, 4.69) is 22.0 Å². The van der Waals surface area contributed by atoms with Gasteiger partial charge in [0.25, 0.3) is 0 Å². The number of rotatable bonds is 4. The van der Waals surface area contributed by atoms with Crippen LogP contribution in [0.2, 0.25) is 0 Å². The number of hydrogen-bond acceptors (Lipinski definition) is 6. The third kappa shape index (κ3) is 3.40. The number of morpholine rings is 1. The van der Waals surface area contributed by atoms with Crippen LogP contribution in [0.25, 0.3) is 0 Å². The molecule has 2 heterocycles. The molecule has 1 fully saturated rings. The van der Waals surface area contributed by atoms with Gasteiger partial charge in [0, 0.05) is 18.8 Å². The number of likely N-dealkylation sites (N-methyl/N-ethyl adjacent to an activating group) is 1. The monoisotopic (exact) mass is 288 g/mol. The van der Waals surface area contributed by atoms with Gasteiger partial charge in [0.15, 0.2) is 0 Å². The SMILES string of the molecule is CCN1CCOC(c2noc(Cc3cccc(N)c3)n2)C1. The number of anilines is 1. The fourth-order valence-electron chi connectivity index (χ4n) is 2.49. The van der Waals surface area contributed by atoms with Crippen molar-refractivity contribution in [2.45, 2.75) is 19.4 Å². The molecule has 1 unspecified atom stereocenters. The Labute approximate surface area is 123 Å². The Morgan fingerprint density at radius 1 is 1.43 bits per heavy atom. The van der Waals surface area contributed by atoms with E-state index in [-0.39, 0.29) is 6.10 Å². The van der Waals surface area contributed by atoms with Crippen LogP contribution in [-0.4, -0.2) is 41.3 Å². The molecular weight excluding hydrogens is 268 g/mol. The van der Waals surface area contributed by atoms with Gasteiger partial charge in [0.2, 0.25) is 11.7 Å². The van der Waals surface area contributed by atoms with Crippen molar-refractivity contribution in [3.63, 3.8) is 0 Å². The molecule has 1 aromatic carbocycles. The second kappa shape index (κ2) is 6.24. The normalized spacial score (nSPS) is 19.8. The van der Waals surface area contributed by atoms with Crippen LogP contribution < -0.4 is 5.73 Å². The summed E-state index contributed by atoms with van der Waals surface area (Å²) in [7, 11) is 0. The maximum absolute atomic E-state index is 5.77. The van der Waals surface area contributed by atoms with Crippen molar-refractivity contribution in [3.8, 4) is 0 Å². The summed E-state index contributed by atoms with van der Waals surface area (Å²) >= 11 is 0. The molecule has 112 valence electrons. The summed E-state index contributed by atoms with van der Waals surface area (Å²) in [5.41, 5.74) is 7.57. The topological polar surface area (TPSA) is 77.4 Å². The van der Waals surface area contributed by atoms with E-state index in [1.165, 1.54) is 0 Å². The average molecular weight is 288 g/mol. The van der Waals surface area contributed by atoms with Crippen molar-refractivity contribution in [1.82, 2.24) is 15.0 Å². The first kappa shape index (κ1) is 14.0. The van der Waals surface area contributed by atoms with Crippen LogP contribution in [0, 0.1) is 0 Å². The average Bonchev–Trinajstić information content (AvgIpc) is 2.96. The fourth-order valence-corrected chi connectivity index (χ4v) is 2.49. The molecule has 0 spiro atoms. The van der Waals surface area contributed by atoms with Crippen LogP contribution in [0.3, 0.4) is 0 Å². The first-order valence-electron chi connectivity index (χ1n) is 7.25. The molecule has 2 aromatic rings. The Bertz CT molecular complexity index is 599. The smallest absolute Gasteiger partial charge is 0.231 e. The number of nitrogens with zero attached hydrogens (tertiary/aromatic N) is 3. The summed E-state index contributed by atoms with van der Waals surface area (Å²) in [5.74, 6) is 1.22. The Balaban J connectivity index is 1.68. The molecule has 3 rings (SSSR count). The molecule has 21 heavy (non-hydrogen) atoms. The lowest BCUT2D eigenvalue weighted by molar-refractivity contribution is -0.0334. The van der Waals surface area contributed by atoms with E-state index in [9.17, 15) is 0 Å². The van der Waals surface area contributed by atoms with Crippen molar-refractivity contribution in [3.05, 3.63) is 41.5 Å². The van der Waals surface area contributed by atoms with Gasteiger partial charge in [-0.15, -0.1) is 0 Å². The number of benzene rings is 1. The summed E-state index contributed by atoms with van der Waals surface area (Å²) < 4.78 is 11.1. The quantitative estimate of drug-likeness (QED) is 0.862. The molecule has 6 heteroatoms. The van der Waals surface area contributed by atoms with Crippen LogP contribution in [0.1, 0.15) is 30.3 Å². The van der Waals surface area contributed by atoms with Gasteiger partial charge < -0.3 is 15.0 Å². The van der Waals surface area contributed by atoms with Gasteiger partial charge in [-0.1, -0.05) is 24.2 Å². The van der Waals surface area contributed by atoms with E-state index in [4.69, 9.17) is 15.0 Å². The molecule has 1 aliphatic rings. The third-order valence-electron chi connectivity index (χ3n) is 3.68. The van der Waals surface area contributed by atoms with Gasteiger partial charge in [-0.2, -0.15) is 4.98 Å². The number of nitrogens with two attached hydrogens (primary N) is 1. The van der Waals surface area contributed by atoms with Crippen LogP contribution in [0.15, 0.2) is 28.8 Å². The number of hydrogen-bond donors (Lipinski definition) is 1. The maximum Gasteiger partial charge on any atom is 0.231 e. The van der Waals surface area contributed by atoms with Gasteiger partial charge in [0.05, 0.1) is 13.0 Å². The molecular formula is C15H20N4O2. The van der Waals surface area contributed by atoms with Gasteiger partial charge in [-0.3, -0.25) is 4.90 Å². The highest BCUT2D eigenvalue weighted by molar-refractivity contribution is 5.41. The highest BCUT2D eigenvalue weighted by atomic mass is 16.5. The lowest BCUT2D eigenvalue weighted by Crippen LogP contribution is -2.38. The standard InChI is InChI=1S/C15H20N4O2/c1-2-19-6-7-20-13(10-19)15-17-14(21-18-15)9-11-4-3-5-12(16)8-11/h3-5,8,13H,2,6-7,9-10,16H2,1H3. The van der Waals surface area contributed by atoms with E-state index in [1.54, 1.807) is 0 Å². The number of ether oxygens (including phenoxy) is 1. The van der Waals surface area contributed by atoms with Crippen LogP contribution >= 0.6 is 0 Å². The molecule has 6 nitrogen and oxygen atoms in total. The molecule has 1 aliphatic heterocycles. The zero-order valence-corrected chi connectivity index (χ0v) is 12.2. The predicted molar refractivity (Wildman–Crippen MR) is 78.8 cm³/mol. The van der Waals surface area contributed by atoms with Crippen molar-refractivity contribution in [1.29, 1.82) is 0 Å². The van der Waals surface area contributed by atoms with Gasteiger partial charge in [-0.25, -0.2) is 0 Å². The van der Waals surface area contributed by atoms with E-state index in [1.807, 2.05) is 24.3 Å². The zero-order valence-electron chi connectivity index (χ0n) is 12.2. The second-order valence-corrected chi connectivity index (χ2v) is 5.22. The largest absolute Gasteiger partial charge is 0.399 e. The summed E-state index contributed by atoms with van der Waals surface area (Å²) in [6.45, 7) is 5.63. The molecule has 2 N–H and O–H groups in total. The Morgan fingerprint density at radius 3 is 3.14 bits per heavy atom. The Morgan fingerprint density at radius 2 is 2.33 bits per heavy atom. The minimum Gasteiger partial charge on any atom is -0.399 e. The molecule has 0 radical (unpaired) electrons. The highest BCUT2D eigenvalue weighted by Gasteiger charge is 2.25. The molecule has 1 aromatic heterocycles. The second-order valence-electron chi connectivity index (χ2n) is 5.22. The fraction of sp³-hybridized carbons (Fsp3) is 0.467. The van der Waals surface area contributed by atoms with Crippen molar-refractivity contribution >= 4 is 5.69 Å². The van der Waals surface area contributed by atoms with E-state index in [0.717, 1.165) is 30.9 Å². The van der Waals surface area contributed by atoms with E-state index >= 15 is 0 Å². The first-order valence-corrected chi connectivity index (χ1v) is 7.25. The van der Waals surface area contributed by atoms with Crippen molar-refractivity contribution in [2.75, 3.05) is 32.0 Å². The Hall–Kier alpha value is -1.92. The summed E-state index contributed by atoms with van der Waals surface area (Å²) in [6.07, 6.45) is 0.486. The molecule has 0 amide bonds. The van der Waals surface area contributed by atoms with Gasteiger partial charge >= 0.3 is 0 Å². The third-order valence-corrected chi connectivity index (χ3v) is 3.68. The van der Waals surface area contributed by atoms with Gasteiger partial charge in [0.1, 0.15) is 6.10 Å². The lowest BCUT2D eigenvalue weighted by Gasteiger charge is -2.30. The first-order chi connectivity index (χ1) is 10.2. The van der Waals surface area contributed by atoms with Crippen LogP contribution in [0.4, 0.5) is 5.69 Å². The maximum atomic E-state index is 5.77. The molecule has 1 saturated heterocycles. The number of nitrogen functional groups attached to an aromatic ring is 1. The molecule has 0 bridgehead atoms. The minimum absolute atomic E-state index is 0.1000. The van der Waals surface area contributed by atoms with Crippen molar-refractivity contribution in [2.24, 2.45) is 0 Å². The summed E-state index contributed by atoms with van der Waals surface area (Å²) in [5, 5.41) is 4.06. The van der Waals surface area contributed by atoms with E-state index in [0.29, 0.717) is 24.7 Å². The lowest BCUT2D eigenvalue weighted by atomic mass is 10.1. The van der Waals surface area contributed by atoms with Crippen molar-refractivity contribution < 1.29 is 9.26 Å². The summed E-state index contributed by atoms with van der Waals surface area (Å²) in [6, 6.07) is 7.69. The van der Waals surface area contributed by atoms with Gasteiger partial charge in [-0.05, 0) is 24.2 Å². The zero-order chi connectivity index (χ0) is 14.7. The Kier molecular flexibility index (Phi) is 4.17. The van der Waals surface area contributed by atoms with Crippen LogP contribution in [0.5, 0.6) is 0 Å².